The molecule has 15 heteroatoms. The van der Waals surface area contributed by atoms with Crippen molar-refractivity contribution >= 4 is 35.8 Å². The van der Waals surface area contributed by atoms with E-state index in [0.29, 0.717) is 17.6 Å². The van der Waals surface area contributed by atoms with Gasteiger partial charge in [-0.1, -0.05) is 128 Å². The predicted octanol–water partition coefficient (Wildman–Crippen LogP) is 10.9. The summed E-state index contributed by atoms with van der Waals surface area (Å²) in [4.78, 5) is 83.5. The van der Waals surface area contributed by atoms with Crippen molar-refractivity contribution in [2.75, 3.05) is 6.61 Å². The van der Waals surface area contributed by atoms with Gasteiger partial charge in [-0.25, -0.2) is 9.59 Å². The summed E-state index contributed by atoms with van der Waals surface area (Å²) in [5.41, 5.74) is -9.08. The third-order valence-electron chi connectivity index (χ3n) is 16.8. The summed E-state index contributed by atoms with van der Waals surface area (Å²) in [6.07, 6.45) is 23.1. The van der Waals surface area contributed by atoms with Gasteiger partial charge in [0.15, 0.2) is 17.5 Å². The van der Waals surface area contributed by atoms with Crippen molar-refractivity contribution in [1.29, 1.82) is 0 Å². The van der Waals surface area contributed by atoms with Crippen LogP contribution in [0.1, 0.15) is 148 Å². The van der Waals surface area contributed by atoms with E-state index in [-0.39, 0.29) is 43.4 Å². The molecule has 3 saturated carbocycles. The Morgan fingerprint density at radius 3 is 1.90 bits per heavy atom. The number of ketones is 1. The van der Waals surface area contributed by atoms with Crippen molar-refractivity contribution in [2.24, 2.45) is 22.7 Å². The number of aliphatic hydroxyl groups excluding tert-OH is 1. The Morgan fingerprint density at radius 2 is 1.38 bits per heavy atom. The van der Waals surface area contributed by atoms with E-state index in [9.17, 15) is 34.2 Å². The van der Waals surface area contributed by atoms with Crippen LogP contribution < -0.4 is 5.32 Å². The van der Waals surface area contributed by atoms with E-state index >= 15 is 4.79 Å². The maximum absolute atomic E-state index is 16.0. The van der Waals surface area contributed by atoms with Gasteiger partial charge in [0.05, 0.1) is 47.5 Å². The molecule has 2 aromatic carbocycles. The summed E-state index contributed by atoms with van der Waals surface area (Å²) < 4.78 is 37.4. The normalized spacial score (nSPS) is 30.6. The maximum atomic E-state index is 16.0. The molecule has 1 aliphatic heterocycles. The third kappa shape index (κ3) is 12.0. The van der Waals surface area contributed by atoms with E-state index in [2.05, 4.69) is 66.9 Å². The fourth-order valence-electron chi connectivity index (χ4n) is 12.7. The van der Waals surface area contributed by atoms with Gasteiger partial charge in [-0.2, -0.15) is 0 Å². The van der Waals surface area contributed by atoms with Gasteiger partial charge in [0.2, 0.25) is 5.60 Å². The van der Waals surface area contributed by atoms with E-state index < -0.39 is 111 Å². The van der Waals surface area contributed by atoms with E-state index in [1.807, 2.05) is 24.3 Å². The second kappa shape index (κ2) is 25.4. The van der Waals surface area contributed by atoms with Gasteiger partial charge >= 0.3 is 30.0 Å². The van der Waals surface area contributed by atoms with Crippen molar-refractivity contribution in [3.05, 3.63) is 156 Å². The van der Waals surface area contributed by atoms with E-state index in [4.69, 9.17) is 28.4 Å². The highest BCUT2D eigenvalue weighted by Gasteiger charge is 2.92. The number of rotatable bonds is 23. The first-order valence-corrected chi connectivity index (χ1v) is 28.1. The summed E-state index contributed by atoms with van der Waals surface area (Å²) in [5, 5.41) is 29.1. The van der Waals surface area contributed by atoms with Crippen LogP contribution in [0.2, 0.25) is 0 Å². The highest BCUT2D eigenvalue weighted by atomic mass is 16.6. The highest BCUT2D eigenvalue weighted by molar-refractivity contribution is 5.97. The second-order valence-electron chi connectivity index (χ2n) is 23.1. The molecule has 0 aromatic heterocycles. The number of alkyl carbamates (subject to hydrolysis) is 1. The minimum absolute atomic E-state index is 0.112. The summed E-state index contributed by atoms with van der Waals surface area (Å²) in [7, 11) is 0. The van der Waals surface area contributed by atoms with Crippen LogP contribution in [0.5, 0.6) is 0 Å². The molecule has 7 rings (SSSR count). The summed E-state index contributed by atoms with van der Waals surface area (Å²) in [6.45, 7) is 14.6. The van der Waals surface area contributed by atoms with Gasteiger partial charge in [0, 0.05) is 25.3 Å². The topological polar surface area (TPSA) is 215 Å². The predicted molar refractivity (Wildman–Crippen MR) is 303 cm³/mol. The number of hydrogen-bond donors (Lipinski definition) is 3. The number of hydrogen-bond acceptors (Lipinski definition) is 13. The van der Waals surface area contributed by atoms with Gasteiger partial charge in [-0.15, -0.1) is 0 Å². The van der Waals surface area contributed by atoms with Crippen LogP contribution in [0.3, 0.4) is 0 Å². The van der Waals surface area contributed by atoms with E-state index in [1.165, 1.54) is 26.0 Å². The average molecular weight is 1100 g/mol. The number of fused-ring (bicyclic) bond motifs is 3. The molecule has 1 saturated heterocycles. The Bertz CT molecular complexity index is 2810. The molecular formula is C65H82NO14+. The zero-order valence-corrected chi connectivity index (χ0v) is 47.9. The number of Topliss-reactive ketones (excluding diaryl/α,β-unsaturated/α-hetero) is 1. The van der Waals surface area contributed by atoms with Crippen LogP contribution in [-0.4, -0.2) is 104 Å². The summed E-state index contributed by atoms with van der Waals surface area (Å²) >= 11 is 0. The highest BCUT2D eigenvalue weighted by Crippen LogP contribution is 2.78. The lowest BCUT2D eigenvalue weighted by Gasteiger charge is -2.75. The van der Waals surface area contributed by atoms with Crippen LogP contribution >= 0.6 is 0 Å². The third-order valence-corrected chi connectivity index (χ3v) is 16.8. The smallest absolute Gasteiger partial charge is 0.455 e. The fraction of sp³-hybridized carbons (Fsp3) is 0.508. The van der Waals surface area contributed by atoms with Crippen LogP contribution in [0.25, 0.3) is 0 Å². The quantitative estimate of drug-likeness (QED) is 0.0409. The average Bonchev–Trinajstić information content (AvgIpc) is 3.55. The van der Waals surface area contributed by atoms with E-state index in [0.717, 1.165) is 32.1 Å². The Balaban J connectivity index is 1.18. The van der Waals surface area contributed by atoms with Crippen LogP contribution in [-0.2, 0) is 42.8 Å². The largest absolute Gasteiger partial charge is 0.488 e. The number of ether oxygens (including phenoxy) is 6. The van der Waals surface area contributed by atoms with Crippen molar-refractivity contribution in [3.8, 4) is 0 Å². The number of allylic oxidation sites excluding steroid dienone is 12. The Morgan fingerprint density at radius 1 is 0.825 bits per heavy atom. The lowest BCUT2D eigenvalue weighted by molar-refractivity contribution is -0.374. The summed E-state index contributed by atoms with van der Waals surface area (Å²) in [6, 6.07) is 16.1. The zero-order valence-electron chi connectivity index (χ0n) is 47.9. The molecule has 1 amide bonds. The first-order valence-electron chi connectivity index (χ1n) is 28.1. The number of carbonyl (C=O) groups is 5. The van der Waals surface area contributed by atoms with Crippen molar-refractivity contribution < 1.29 is 67.4 Å². The Labute approximate surface area is 471 Å². The molecular weight excluding hydrogens is 1020 g/mol. The van der Waals surface area contributed by atoms with Gasteiger partial charge in [-0.3, -0.25) is 14.4 Å². The molecule has 80 heavy (non-hydrogen) atoms. The van der Waals surface area contributed by atoms with Gasteiger partial charge < -0.3 is 48.7 Å². The lowest BCUT2D eigenvalue weighted by atomic mass is 9.30. The zero-order chi connectivity index (χ0) is 58.1. The number of aliphatic hydroxyl groups is 2. The number of nitrogens with one attached hydrogen (secondary N) is 1. The molecule has 5 aliphatic rings. The minimum Gasteiger partial charge on any atom is -0.455 e. The van der Waals surface area contributed by atoms with Crippen LogP contribution in [0, 0.1) is 22.7 Å². The van der Waals surface area contributed by atoms with Crippen molar-refractivity contribution in [2.45, 2.75) is 179 Å². The van der Waals surface area contributed by atoms with Crippen LogP contribution in [0.4, 0.5) is 4.79 Å². The standard InChI is InChI=1S/C65H81NO14/c1-10-11-12-13-14-15-16-17-18-19-20-21-22-23-24-25-26-27-34-39-50(69)76-53-51-44(3)65(79-57(71)43(2)52(46-35-30-28-31-36-46)66-59(73)80-60(5,6)7)41-64(74,62(51,65)9)56(77-58(72)47-37-32-29-33-38-47)54-61(8,55(53)70)48(68)40-49-63(54,42-75-49)78-45(4)67/h11-12,14-15,17-18,20-21,23-24,26-33,35-38,43,48-49,52-54,56,68,74H,10,13,16,19,22,25,34,39-42H2,1-9H3,(H,66,73)/p+1/b12-11-,15-14-,18-17-,21-20-,24-23-,27-26-/t43-,48?,49-,52-,53?,54+,56+,61?,62+,63+,64?,65?/m1/s1. The molecule has 430 valence electrons. The van der Waals surface area contributed by atoms with Crippen molar-refractivity contribution in [3.63, 3.8) is 0 Å². The molecule has 15 nitrogen and oxygen atoms in total. The van der Waals surface area contributed by atoms with Gasteiger partial charge in [0.1, 0.15) is 29.3 Å². The molecule has 4 fully saturated rings. The molecule has 2 aromatic rings. The first kappa shape index (κ1) is 61.0. The molecule has 4 aliphatic carbocycles. The molecule has 0 bridgehead atoms. The molecule has 4 N–H and O–H groups in total. The monoisotopic (exact) mass is 1100 g/mol. The van der Waals surface area contributed by atoms with E-state index in [1.54, 1.807) is 84.0 Å². The number of benzene rings is 2. The lowest BCUT2D eigenvalue weighted by Crippen LogP contribution is -2.90. The maximum Gasteiger partial charge on any atom is 0.488 e. The minimum atomic E-state index is -2.24. The summed E-state index contributed by atoms with van der Waals surface area (Å²) in [5.74, 6) is -6.17. The molecule has 12 atom stereocenters. The van der Waals surface area contributed by atoms with Gasteiger partial charge in [-0.05, 0) is 117 Å². The Kier molecular flexibility index (Phi) is 19.4. The molecule has 1 heterocycles. The number of carbonyl (C=O) groups excluding carboxylic acids is 6. The fourth-order valence-corrected chi connectivity index (χ4v) is 12.7. The number of amides is 1. The van der Waals surface area contributed by atoms with Crippen molar-refractivity contribution in [1.82, 2.24) is 5.32 Å². The molecule has 0 spiro atoms. The first-order chi connectivity index (χ1) is 38.0. The SMILES string of the molecule is CC/C=C\C/C=C\C/C=C\C/C=C\C/C=C\C/C=C\CCC(=O)OC1C(=O)C2(C)C(O)C[C@H]3OC[C@@]3(OC(C)=O)[C@H]2[C@H](OC(=O)c2ccccc2)C2(O)CC3(OC(=[OH+])[C@H](C)[C@@H](NC(=O)OC(C)(C)C)c4ccccc4)C(C)=C1[C@]32C. The number of esters is 4. The van der Waals surface area contributed by atoms with Gasteiger partial charge in [0.25, 0.3) is 0 Å². The Hall–Kier alpha value is -6.68. The molecule has 5 unspecified atom stereocenters. The second-order valence-corrected chi connectivity index (χ2v) is 23.1. The molecule has 0 radical (unpaired) electrons. The van der Waals surface area contributed by atoms with Crippen LogP contribution in [0.15, 0.2) is 145 Å².